The first kappa shape index (κ1) is 37.2. The molecular formula is C25H49F2N7O10. The fourth-order valence-electron chi connectivity index (χ4n) is 6.09. The SMILES string of the molecule is NCCCN[C@@H]1C[C@H](O)[C@@H](CN)O[C@@H]1C1[C@@H](N)C[C@@H](NC(=O)C(O)C(F)(F)CN)[C@H](O[C@H]2O[C@H](CO)[C@@H](O)[C@H](N)[C@H]2O)[C@H]1O. The Balaban J connectivity index is 1.95. The molecule has 3 rings (SSSR count). The van der Waals surface area contributed by atoms with Gasteiger partial charge in [-0.1, -0.05) is 0 Å². The number of hydrogen-bond donors (Lipinski definition) is 13. The minimum Gasteiger partial charge on any atom is -0.394 e. The first-order chi connectivity index (χ1) is 20.7. The molecule has 0 bridgehead atoms. The second-order valence-corrected chi connectivity index (χ2v) is 11.7. The molecule has 1 saturated carbocycles. The predicted molar refractivity (Wildman–Crippen MR) is 148 cm³/mol. The van der Waals surface area contributed by atoms with Gasteiger partial charge in [0.2, 0.25) is 0 Å². The van der Waals surface area contributed by atoms with Crippen LogP contribution in [0.3, 0.4) is 0 Å². The van der Waals surface area contributed by atoms with Gasteiger partial charge in [-0.2, -0.15) is 0 Å². The number of carbonyl (C=O) groups excluding carboxylic acids is 1. The maximum absolute atomic E-state index is 14.0. The van der Waals surface area contributed by atoms with E-state index < -0.39 is 116 Å². The molecule has 15 atom stereocenters. The zero-order valence-electron chi connectivity index (χ0n) is 24.3. The van der Waals surface area contributed by atoms with Gasteiger partial charge in [0, 0.05) is 24.5 Å². The van der Waals surface area contributed by atoms with E-state index in [4.69, 9.17) is 42.9 Å². The lowest BCUT2D eigenvalue weighted by molar-refractivity contribution is -0.307. The summed E-state index contributed by atoms with van der Waals surface area (Å²) in [6, 6.07) is -4.21. The third-order valence-corrected chi connectivity index (χ3v) is 8.68. The molecule has 2 saturated heterocycles. The summed E-state index contributed by atoms with van der Waals surface area (Å²) < 4.78 is 45.7. The summed E-state index contributed by atoms with van der Waals surface area (Å²) >= 11 is 0. The summed E-state index contributed by atoms with van der Waals surface area (Å²) in [5.74, 6) is -6.48. The van der Waals surface area contributed by atoms with Crippen molar-refractivity contribution in [3.63, 3.8) is 0 Å². The normalized spacial score (nSPS) is 42.6. The molecule has 19 heteroatoms. The summed E-state index contributed by atoms with van der Waals surface area (Å²) in [5.41, 5.74) is 28.8. The Kier molecular flexibility index (Phi) is 13.5. The highest BCUT2D eigenvalue weighted by Crippen LogP contribution is 2.37. The number of carbonyl (C=O) groups is 1. The topological polar surface area (TPSA) is 320 Å². The van der Waals surface area contributed by atoms with Gasteiger partial charge >= 0.3 is 0 Å². The third-order valence-electron chi connectivity index (χ3n) is 8.68. The summed E-state index contributed by atoms with van der Waals surface area (Å²) in [4.78, 5) is 12.7. The minimum absolute atomic E-state index is 0.0536. The van der Waals surface area contributed by atoms with Crippen LogP contribution < -0.4 is 39.3 Å². The number of ether oxygens (including phenoxy) is 3. The molecule has 0 spiro atoms. The zero-order chi connectivity index (χ0) is 32.9. The Bertz CT molecular complexity index is 917. The van der Waals surface area contributed by atoms with Gasteiger partial charge in [-0.3, -0.25) is 4.79 Å². The zero-order valence-corrected chi connectivity index (χ0v) is 24.3. The van der Waals surface area contributed by atoms with Crippen LogP contribution in [0.4, 0.5) is 8.78 Å². The van der Waals surface area contributed by atoms with E-state index >= 15 is 0 Å². The van der Waals surface area contributed by atoms with Gasteiger partial charge < -0.3 is 84.2 Å². The minimum atomic E-state index is -3.98. The van der Waals surface area contributed by atoms with Gasteiger partial charge in [0.15, 0.2) is 12.4 Å². The van der Waals surface area contributed by atoms with Crippen LogP contribution in [0.2, 0.25) is 0 Å². The monoisotopic (exact) mass is 645 g/mol. The largest absolute Gasteiger partial charge is 0.394 e. The Morgan fingerprint density at radius 2 is 1.68 bits per heavy atom. The number of amides is 1. The van der Waals surface area contributed by atoms with E-state index in [1.54, 1.807) is 0 Å². The summed E-state index contributed by atoms with van der Waals surface area (Å²) in [7, 11) is 0. The fourth-order valence-corrected chi connectivity index (χ4v) is 6.09. The van der Waals surface area contributed by atoms with Crippen molar-refractivity contribution >= 4 is 5.91 Å². The molecule has 1 aliphatic carbocycles. The van der Waals surface area contributed by atoms with Crippen LogP contribution in [0, 0.1) is 5.92 Å². The number of nitrogens with two attached hydrogens (primary N) is 5. The first-order valence-electron chi connectivity index (χ1n) is 14.7. The van der Waals surface area contributed by atoms with Crippen molar-refractivity contribution in [2.24, 2.45) is 34.6 Å². The van der Waals surface area contributed by atoms with E-state index in [9.17, 15) is 44.2 Å². The molecule has 18 N–H and O–H groups in total. The van der Waals surface area contributed by atoms with Crippen LogP contribution in [0.15, 0.2) is 0 Å². The Morgan fingerprint density at radius 1 is 1.00 bits per heavy atom. The molecule has 2 aliphatic heterocycles. The molecule has 1 amide bonds. The van der Waals surface area contributed by atoms with Crippen molar-refractivity contribution in [2.75, 3.05) is 32.8 Å². The van der Waals surface area contributed by atoms with E-state index in [1.165, 1.54) is 0 Å². The average molecular weight is 646 g/mol. The number of rotatable bonds is 13. The Labute approximate surface area is 253 Å². The van der Waals surface area contributed by atoms with E-state index in [1.807, 2.05) is 0 Å². The van der Waals surface area contributed by atoms with Gasteiger partial charge in [0.25, 0.3) is 11.8 Å². The first-order valence-corrected chi connectivity index (χ1v) is 14.7. The lowest BCUT2D eigenvalue weighted by atomic mass is 9.71. The summed E-state index contributed by atoms with van der Waals surface area (Å²) in [5, 5.41) is 68.4. The highest BCUT2D eigenvalue weighted by atomic mass is 19.3. The molecule has 2 unspecified atom stereocenters. The van der Waals surface area contributed by atoms with Crippen molar-refractivity contribution in [3.05, 3.63) is 0 Å². The van der Waals surface area contributed by atoms with E-state index in [0.717, 1.165) is 0 Å². The number of aliphatic hydroxyl groups excluding tert-OH is 6. The summed E-state index contributed by atoms with van der Waals surface area (Å²) in [6.07, 6.45) is -14.2. The molecule has 0 aromatic rings. The molecule has 44 heavy (non-hydrogen) atoms. The second-order valence-electron chi connectivity index (χ2n) is 11.7. The molecule has 0 aromatic carbocycles. The van der Waals surface area contributed by atoms with Crippen LogP contribution in [0.25, 0.3) is 0 Å². The molecule has 2 heterocycles. The van der Waals surface area contributed by atoms with Gasteiger partial charge in [0.1, 0.15) is 24.4 Å². The Hall–Kier alpha value is -1.27. The van der Waals surface area contributed by atoms with Crippen molar-refractivity contribution in [2.45, 2.75) is 111 Å². The van der Waals surface area contributed by atoms with E-state index in [-0.39, 0.29) is 19.4 Å². The van der Waals surface area contributed by atoms with Gasteiger partial charge in [0.05, 0.1) is 49.7 Å². The van der Waals surface area contributed by atoms with Crippen molar-refractivity contribution in [1.29, 1.82) is 0 Å². The molecule has 0 aromatic heterocycles. The van der Waals surface area contributed by atoms with Crippen molar-refractivity contribution < 1.29 is 58.4 Å². The molecule has 0 radical (unpaired) electrons. The van der Waals surface area contributed by atoms with Crippen molar-refractivity contribution in [3.8, 4) is 0 Å². The van der Waals surface area contributed by atoms with E-state index in [0.29, 0.717) is 19.5 Å². The van der Waals surface area contributed by atoms with Crippen LogP contribution in [-0.2, 0) is 19.0 Å². The molecule has 258 valence electrons. The lowest BCUT2D eigenvalue weighted by Gasteiger charge is -2.52. The van der Waals surface area contributed by atoms with Gasteiger partial charge in [-0.25, -0.2) is 8.78 Å². The number of hydrogen-bond acceptors (Lipinski definition) is 16. The quantitative estimate of drug-likeness (QED) is 0.0827. The summed E-state index contributed by atoms with van der Waals surface area (Å²) in [6.45, 7) is -1.27. The highest BCUT2D eigenvalue weighted by Gasteiger charge is 2.54. The maximum atomic E-state index is 14.0. The smallest absolute Gasteiger partial charge is 0.294 e. The molecule has 3 aliphatic rings. The second kappa shape index (κ2) is 16.0. The van der Waals surface area contributed by atoms with E-state index in [2.05, 4.69) is 10.6 Å². The number of aliphatic hydroxyl groups is 6. The van der Waals surface area contributed by atoms with Crippen molar-refractivity contribution in [1.82, 2.24) is 10.6 Å². The maximum Gasteiger partial charge on any atom is 0.294 e. The Morgan fingerprint density at radius 3 is 2.27 bits per heavy atom. The molecular weight excluding hydrogens is 596 g/mol. The third kappa shape index (κ3) is 8.17. The van der Waals surface area contributed by atoms with Crippen LogP contribution in [0.1, 0.15) is 19.3 Å². The van der Waals surface area contributed by atoms with Crippen LogP contribution >= 0.6 is 0 Å². The molecule has 17 nitrogen and oxygen atoms in total. The standard InChI is InChI=1S/C25H49F2N7O10/c26-25(27,8-30)22(40)23(41)34-11-4-9(31)15(20-10(33-3-1-2-28)5-12(36)13(6-29)42-20)18(38)21(11)44-24-19(39)16(32)17(37)14(7-35)43-24/h9-22,24,33,35-40H,1-8,28-32H2,(H,34,41)/t9-,10+,11+,12-,13+,14+,15?,16-,17+,18-,19+,20-,21-,22?,24+/m0/s1. The highest BCUT2D eigenvalue weighted by molar-refractivity contribution is 5.82. The molecule has 3 fully saturated rings. The van der Waals surface area contributed by atoms with Crippen LogP contribution in [0.5, 0.6) is 0 Å². The number of nitrogens with one attached hydrogen (secondary N) is 2. The van der Waals surface area contributed by atoms with Gasteiger partial charge in [-0.05, 0) is 32.4 Å². The fraction of sp³-hybridized carbons (Fsp3) is 0.960. The predicted octanol–water partition coefficient (Wildman–Crippen LogP) is -6.93. The average Bonchev–Trinajstić information content (AvgIpc) is 2.99. The van der Waals surface area contributed by atoms with Crippen LogP contribution in [-0.4, -0.2) is 161 Å². The number of halogens is 2. The van der Waals surface area contributed by atoms with Gasteiger partial charge in [-0.15, -0.1) is 0 Å². The lowest BCUT2D eigenvalue weighted by Crippen LogP contribution is -2.70. The number of alkyl halides is 2.